The van der Waals surface area contributed by atoms with Crippen molar-refractivity contribution in [2.75, 3.05) is 19.8 Å². The molecule has 0 aromatic heterocycles. The molecule has 220 valence electrons. The zero-order valence-corrected chi connectivity index (χ0v) is 24.6. The molecular weight excluding hydrogens is 604 g/mol. The first-order valence-electron chi connectivity index (χ1n) is 13.0. The van der Waals surface area contributed by atoms with E-state index in [9.17, 15) is 19.2 Å². The molecule has 0 aliphatic carbocycles. The van der Waals surface area contributed by atoms with Crippen LogP contribution in [0, 0.1) is 0 Å². The first-order chi connectivity index (χ1) is 19.5. The molecule has 0 amide bonds. The zero-order valence-electron chi connectivity index (χ0n) is 23.0. The minimum Gasteiger partial charge on any atom is -0.486 e. The Morgan fingerprint density at radius 2 is 1.41 bits per heavy atom. The van der Waals surface area contributed by atoms with E-state index in [1.807, 2.05) is 30.3 Å². The number of halogens is 1. The number of esters is 4. The summed E-state index contributed by atoms with van der Waals surface area (Å²) in [4.78, 5) is 48.0. The van der Waals surface area contributed by atoms with E-state index in [0.29, 0.717) is 36.7 Å². The number of carbonyl (C=O) groups excluding carboxylic acids is 4. The second kappa shape index (κ2) is 13.3. The Hall–Kier alpha value is -3.64. The third-order valence-electron chi connectivity index (χ3n) is 6.39. The summed E-state index contributed by atoms with van der Waals surface area (Å²) in [5.74, 6) is -1.26. The number of carbonyl (C=O) groups is 4. The number of hydrogen-bond acceptors (Lipinski definition) is 11. The van der Waals surface area contributed by atoms with Crippen LogP contribution in [0.2, 0.25) is 0 Å². The summed E-state index contributed by atoms with van der Waals surface area (Å²) in [5.41, 5.74) is 2.44. The molecule has 2 aromatic rings. The van der Waals surface area contributed by atoms with E-state index in [0.717, 1.165) is 15.6 Å². The summed E-state index contributed by atoms with van der Waals surface area (Å²) in [7, 11) is 0. The van der Waals surface area contributed by atoms with Gasteiger partial charge in [-0.3, -0.25) is 19.2 Å². The molecule has 12 heteroatoms. The van der Waals surface area contributed by atoms with Crippen molar-refractivity contribution in [2.24, 2.45) is 0 Å². The van der Waals surface area contributed by atoms with Crippen LogP contribution in [0.15, 0.2) is 40.9 Å². The highest BCUT2D eigenvalue weighted by Crippen LogP contribution is 2.39. The number of fused-ring (bicyclic) bond motifs is 1. The molecule has 2 heterocycles. The third-order valence-corrected chi connectivity index (χ3v) is 7.16. The normalized spacial score (nSPS) is 23.2. The highest BCUT2D eigenvalue weighted by Gasteiger charge is 2.52. The Morgan fingerprint density at radius 1 is 0.780 bits per heavy atom. The smallest absolute Gasteiger partial charge is 0.303 e. The van der Waals surface area contributed by atoms with Crippen LogP contribution in [0.5, 0.6) is 11.5 Å². The first-order valence-corrected chi connectivity index (χ1v) is 13.8. The van der Waals surface area contributed by atoms with Crippen LogP contribution in [0.25, 0.3) is 0 Å². The second-order valence-electron chi connectivity index (χ2n) is 9.63. The molecule has 5 atom stereocenters. The van der Waals surface area contributed by atoms with Crippen LogP contribution < -0.4 is 9.47 Å². The number of benzene rings is 2. The molecule has 1 unspecified atom stereocenters. The van der Waals surface area contributed by atoms with E-state index >= 15 is 0 Å². The van der Waals surface area contributed by atoms with Gasteiger partial charge in [0.15, 0.2) is 29.8 Å². The highest BCUT2D eigenvalue weighted by molar-refractivity contribution is 9.10. The second-order valence-corrected chi connectivity index (χ2v) is 10.5. The van der Waals surface area contributed by atoms with Gasteiger partial charge in [0.25, 0.3) is 0 Å². The maximum Gasteiger partial charge on any atom is 0.303 e. The van der Waals surface area contributed by atoms with Crippen LogP contribution in [0.3, 0.4) is 0 Å². The van der Waals surface area contributed by atoms with Crippen molar-refractivity contribution in [1.82, 2.24) is 0 Å². The lowest BCUT2D eigenvalue weighted by Crippen LogP contribution is -2.59. The van der Waals surface area contributed by atoms with Crippen LogP contribution >= 0.6 is 15.9 Å². The Balaban J connectivity index is 1.72. The minimum absolute atomic E-state index is 0.297. The van der Waals surface area contributed by atoms with Crippen molar-refractivity contribution in [2.45, 2.75) is 64.6 Å². The first kappa shape index (κ1) is 30.3. The van der Waals surface area contributed by atoms with Crippen LogP contribution in [-0.4, -0.2) is 68.1 Å². The highest BCUT2D eigenvalue weighted by atomic mass is 79.9. The molecule has 0 spiro atoms. The average molecular weight is 635 g/mol. The van der Waals surface area contributed by atoms with Gasteiger partial charge in [0.05, 0.1) is 0 Å². The Morgan fingerprint density at radius 3 is 2.07 bits per heavy atom. The van der Waals surface area contributed by atoms with Crippen molar-refractivity contribution in [1.29, 1.82) is 0 Å². The van der Waals surface area contributed by atoms with Gasteiger partial charge in [0.2, 0.25) is 0 Å². The molecule has 0 radical (unpaired) electrons. The average Bonchev–Trinajstić information content (AvgIpc) is 2.90. The maximum atomic E-state index is 12.2. The van der Waals surface area contributed by atoms with Gasteiger partial charge >= 0.3 is 23.9 Å². The fourth-order valence-corrected chi connectivity index (χ4v) is 5.21. The third kappa shape index (κ3) is 7.76. The molecule has 2 aliphatic rings. The monoisotopic (exact) mass is 634 g/mol. The summed E-state index contributed by atoms with van der Waals surface area (Å²) < 4.78 is 40.3. The summed E-state index contributed by atoms with van der Waals surface area (Å²) >= 11 is 3.61. The van der Waals surface area contributed by atoms with E-state index in [1.165, 1.54) is 27.7 Å². The van der Waals surface area contributed by atoms with E-state index in [4.69, 9.17) is 33.2 Å². The fraction of sp³-hybridized carbons (Fsp3) is 0.448. The van der Waals surface area contributed by atoms with E-state index in [1.54, 1.807) is 6.07 Å². The van der Waals surface area contributed by atoms with Crippen LogP contribution in [0.1, 0.15) is 50.5 Å². The summed E-state index contributed by atoms with van der Waals surface area (Å²) in [5, 5.41) is 0. The Kier molecular flexibility index (Phi) is 9.87. The summed E-state index contributed by atoms with van der Waals surface area (Å²) in [6.45, 7) is 5.48. The lowest BCUT2D eigenvalue weighted by Gasteiger charge is -2.44. The molecule has 2 aromatic carbocycles. The van der Waals surface area contributed by atoms with Crippen molar-refractivity contribution in [3.63, 3.8) is 0 Å². The molecule has 0 bridgehead atoms. The van der Waals surface area contributed by atoms with Crippen molar-refractivity contribution in [3.8, 4) is 11.5 Å². The van der Waals surface area contributed by atoms with Gasteiger partial charge in [-0.05, 0) is 41.3 Å². The van der Waals surface area contributed by atoms with Gasteiger partial charge in [-0.2, -0.15) is 0 Å². The lowest BCUT2D eigenvalue weighted by molar-refractivity contribution is -0.254. The van der Waals surface area contributed by atoms with E-state index < -0.39 is 54.4 Å². The van der Waals surface area contributed by atoms with E-state index in [-0.39, 0.29) is 6.61 Å². The Labute approximate surface area is 245 Å². The minimum atomic E-state index is -1.25. The van der Waals surface area contributed by atoms with Gasteiger partial charge in [0.1, 0.15) is 32.0 Å². The molecule has 0 N–H and O–H groups in total. The molecule has 2 aliphatic heterocycles. The van der Waals surface area contributed by atoms with Crippen LogP contribution in [0.4, 0.5) is 0 Å². The molecule has 1 saturated heterocycles. The van der Waals surface area contributed by atoms with Gasteiger partial charge in [-0.25, -0.2) is 0 Å². The van der Waals surface area contributed by atoms with Gasteiger partial charge in [0, 0.05) is 32.2 Å². The number of ether oxygens (including phenoxy) is 7. The molecular formula is C29H31BrO11. The quantitative estimate of drug-likeness (QED) is 0.311. The van der Waals surface area contributed by atoms with Crippen molar-refractivity contribution < 1.29 is 52.3 Å². The molecule has 0 saturated carbocycles. The largest absolute Gasteiger partial charge is 0.486 e. The predicted molar refractivity (Wildman–Crippen MR) is 145 cm³/mol. The molecule has 1 fully saturated rings. The van der Waals surface area contributed by atoms with Crippen molar-refractivity contribution >= 4 is 39.8 Å². The van der Waals surface area contributed by atoms with Gasteiger partial charge < -0.3 is 33.2 Å². The number of hydrogen-bond donors (Lipinski definition) is 0. The van der Waals surface area contributed by atoms with Gasteiger partial charge in [-0.15, -0.1) is 0 Å². The lowest BCUT2D eigenvalue weighted by atomic mass is 9.89. The van der Waals surface area contributed by atoms with E-state index in [2.05, 4.69) is 15.9 Å². The fourth-order valence-electron chi connectivity index (χ4n) is 4.82. The summed E-state index contributed by atoms with van der Waals surface area (Å²) in [6.07, 6.45) is -5.14. The topological polar surface area (TPSA) is 133 Å². The van der Waals surface area contributed by atoms with Crippen LogP contribution in [-0.2, 0) is 49.3 Å². The maximum absolute atomic E-state index is 12.2. The SMILES string of the molecule is CC(=O)OC[C@H]1OC(c2ccc(Br)c(Cc3ccc4c(c3)OCCO4)c2)[C@H](OC(C)=O)[C@@H](OC(C)=O)[C@@H]1OC(C)=O. The molecule has 41 heavy (non-hydrogen) atoms. The zero-order chi connectivity index (χ0) is 29.7. The summed E-state index contributed by atoms with van der Waals surface area (Å²) in [6, 6.07) is 11.2. The molecule has 4 rings (SSSR count). The van der Waals surface area contributed by atoms with Gasteiger partial charge in [-0.1, -0.05) is 34.1 Å². The number of rotatable bonds is 8. The standard InChI is InChI=1S/C29H31BrO11/c1-15(31)37-14-25-27(38-16(2)32)29(40-18(4)34)28(39-17(3)33)26(41-25)20-6-7-22(30)21(13-20)11-19-5-8-23-24(12-19)36-10-9-35-23/h5-8,12-13,25-29H,9-11,14H2,1-4H3/t25-,26?,27-,28+,29+/m1/s1. The molecule has 11 nitrogen and oxygen atoms in total. The van der Waals surface area contributed by atoms with Crippen molar-refractivity contribution in [3.05, 3.63) is 57.6 Å². The predicted octanol–water partition coefficient (Wildman–Crippen LogP) is 3.61. The Bertz CT molecular complexity index is 1310.